The number of nitrogens with zero attached hydrogens (tertiary/aromatic N) is 3. The van der Waals surface area contributed by atoms with Gasteiger partial charge in [-0.05, 0) is 29.5 Å². The summed E-state index contributed by atoms with van der Waals surface area (Å²) in [6, 6.07) is 12.6. The zero-order valence-electron chi connectivity index (χ0n) is 13.3. The minimum Gasteiger partial charge on any atom is -0.338 e. The van der Waals surface area contributed by atoms with E-state index in [2.05, 4.69) is 45.4 Å². The van der Waals surface area contributed by atoms with Crippen molar-refractivity contribution in [3.05, 3.63) is 58.6 Å². The Morgan fingerprint density at radius 3 is 2.83 bits per heavy atom. The lowest BCUT2D eigenvalue weighted by molar-refractivity contribution is 0.260. The van der Waals surface area contributed by atoms with Crippen LogP contribution in [0.5, 0.6) is 0 Å². The van der Waals surface area contributed by atoms with Gasteiger partial charge >= 0.3 is 0 Å². The van der Waals surface area contributed by atoms with Crippen LogP contribution in [0.15, 0.2) is 51.7 Å². The van der Waals surface area contributed by atoms with Crippen molar-refractivity contribution in [2.45, 2.75) is 12.5 Å². The van der Waals surface area contributed by atoms with Crippen molar-refractivity contribution in [3.8, 4) is 11.4 Å². The lowest BCUT2D eigenvalue weighted by Crippen LogP contribution is -2.23. The molecule has 0 unspecified atom stereocenters. The Bertz CT molecular complexity index is 771. The highest BCUT2D eigenvalue weighted by Gasteiger charge is 2.33. The quantitative estimate of drug-likeness (QED) is 0.773. The molecule has 2 N–H and O–H groups in total. The third kappa shape index (κ3) is 3.13. The molecule has 1 aliphatic heterocycles. The molecule has 3 aromatic rings. The zero-order chi connectivity index (χ0) is 16.4. The summed E-state index contributed by atoms with van der Waals surface area (Å²) in [6.45, 7) is 3.31. The fourth-order valence-corrected chi connectivity index (χ4v) is 4.06. The maximum absolute atomic E-state index is 6.01. The second kappa shape index (κ2) is 6.84. The molecule has 6 heteroatoms. The molecule has 0 saturated carbocycles. The standard InChI is InChI=1S/C18H20N4OS/c19-8-15-9-22(10-16(15)13-4-2-1-3-5-13)11-17-20-18(21-23-17)14-6-7-24-12-14/h1-7,12,15-16H,8-11,19H2/t15-,16+/m1/s1. The van der Waals surface area contributed by atoms with Gasteiger partial charge in [-0.1, -0.05) is 35.5 Å². The van der Waals surface area contributed by atoms with E-state index in [1.54, 1.807) is 11.3 Å². The predicted octanol–water partition coefficient (Wildman–Crippen LogP) is 2.97. The summed E-state index contributed by atoms with van der Waals surface area (Å²) in [5, 5.41) is 8.13. The average Bonchev–Trinajstić information content (AvgIpc) is 3.36. The summed E-state index contributed by atoms with van der Waals surface area (Å²) in [5.41, 5.74) is 8.38. The Labute approximate surface area is 145 Å². The molecular formula is C18H20N4OS. The van der Waals surface area contributed by atoms with Gasteiger partial charge in [0.15, 0.2) is 0 Å². The molecule has 0 aliphatic carbocycles. The maximum Gasteiger partial charge on any atom is 0.241 e. The van der Waals surface area contributed by atoms with E-state index >= 15 is 0 Å². The number of nitrogens with two attached hydrogens (primary N) is 1. The Kier molecular flexibility index (Phi) is 4.42. The maximum atomic E-state index is 6.01. The SMILES string of the molecule is NC[C@@H]1CN(Cc2nc(-c3ccsc3)no2)C[C@H]1c1ccccc1. The first-order chi connectivity index (χ1) is 11.8. The monoisotopic (exact) mass is 340 g/mol. The molecule has 24 heavy (non-hydrogen) atoms. The third-order valence-electron chi connectivity index (χ3n) is 4.65. The Hall–Kier alpha value is -2.02. The Morgan fingerprint density at radius 2 is 2.08 bits per heavy atom. The summed E-state index contributed by atoms with van der Waals surface area (Å²) in [7, 11) is 0. The molecule has 1 aromatic carbocycles. The molecule has 124 valence electrons. The van der Waals surface area contributed by atoms with Gasteiger partial charge in [0.05, 0.1) is 6.54 Å². The molecule has 3 heterocycles. The molecule has 0 spiro atoms. The molecule has 0 radical (unpaired) electrons. The van der Waals surface area contributed by atoms with Gasteiger partial charge in [-0.25, -0.2) is 0 Å². The van der Waals surface area contributed by atoms with E-state index in [9.17, 15) is 0 Å². The molecule has 0 bridgehead atoms. The molecule has 1 saturated heterocycles. The number of benzene rings is 1. The van der Waals surface area contributed by atoms with Crippen LogP contribution in [0.4, 0.5) is 0 Å². The topological polar surface area (TPSA) is 68.2 Å². The highest BCUT2D eigenvalue weighted by molar-refractivity contribution is 7.08. The normalized spacial score (nSPS) is 21.4. The van der Waals surface area contributed by atoms with Crippen LogP contribution < -0.4 is 5.73 Å². The van der Waals surface area contributed by atoms with Crippen molar-refractivity contribution in [3.63, 3.8) is 0 Å². The summed E-state index contributed by atoms with van der Waals surface area (Å²) < 4.78 is 5.43. The number of likely N-dealkylation sites (tertiary alicyclic amines) is 1. The highest BCUT2D eigenvalue weighted by atomic mass is 32.1. The molecule has 2 atom stereocenters. The first kappa shape index (κ1) is 15.5. The van der Waals surface area contributed by atoms with Crippen molar-refractivity contribution in [1.29, 1.82) is 0 Å². The van der Waals surface area contributed by atoms with Gasteiger partial charge in [0.1, 0.15) is 0 Å². The first-order valence-electron chi connectivity index (χ1n) is 8.16. The molecule has 0 amide bonds. The fourth-order valence-electron chi connectivity index (χ4n) is 3.43. The van der Waals surface area contributed by atoms with Crippen LogP contribution >= 0.6 is 11.3 Å². The molecule has 4 rings (SSSR count). The van der Waals surface area contributed by atoms with Crippen LogP contribution in [0.3, 0.4) is 0 Å². The number of rotatable bonds is 5. The predicted molar refractivity (Wildman–Crippen MR) is 94.6 cm³/mol. The van der Waals surface area contributed by atoms with Gasteiger partial charge in [-0.2, -0.15) is 16.3 Å². The third-order valence-corrected chi connectivity index (χ3v) is 5.34. The summed E-state index contributed by atoms with van der Waals surface area (Å²) in [6.07, 6.45) is 0. The van der Waals surface area contributed by atoms with Crippen molar-refractivity contribution in [1.82, 2.24) is 15.0 Å². The lowest BCUT2D eigenvalue weighted by atomic mass is 9.89. The molecule has 5 nitrogen and oxygen atoms in total. The van der Waals surface area contributed by atoms with Gasteiger partial charge in [-0.3, -0.25) is 4.90 Å². The van der Waals surface area contributed by atoms with Gasteiger partial charge in [0.25, 0.3) is 0 Å². The largest absolute Gasteiger partial charge is 0.338 e. The van der Waals surface area contributed by atoms with Gasteiger partial charge in [-0.15, -0.1) is 0 Å². The van der Waals surface area contributed by atoms with E-state index in [4.69, 9.17) is 10.3 Å². The minimum absolute atomic E-state index is 0.465. The number of thiophene rings is 1. The summed E-state index contributed by atoms with van der Waals surface area (Å²) in [4.78, 5) is 6.88. The average molecular weight is 340 g/mol. The van der Waals surface area contributed by atoms with Crippen LogP contribution in [0.1, 0.15) is 17.4 Å². The zero-order valence-corrected chi connectivity index (χ0v) is 14.2. The van der Waals surface area contributed by atoms with E-state index < -0.39 is 0 Å². The van der Waals surface area contributed by atoms with E-state index in [0.29, 0.717) is 36.6 Å². The van der Waals surface area contributed by atoms with Crippen LogP contribution in [-0.2, 0) is 6.54 Å². The van der Waals surface area contributed by atoms with Crippen LogP contribution in [0, 0.1) is 5.92 Å². The fraction of sp³-hybridized carbons (Fsp3) is 0.333. The molecule has 1 fully saturated rings. The van der Waals surface area contributed by atoms with Crippen LogP contribution in [0.2, 0.25) is 0 Å². The van der Waals surface area contributed by atoms with E-state index in [1.165, 1.54) is 5.56 Å². The van der Waals surface area contributed by atoms with E-state index in [1.807, 2.05) is 16.8 Å². The minimum atomic E-state index is 0.465. The van der Waals surface area contributed by atoms with Crippen molar-refractivity contribution in [2.75, 3.05) is 19.6 Å². The Morgan fingerprint density at radius 1 is 1.21 bits per heavy atom. The smallest absolute Gasteiger partial charge is 0.241 e. The van der Waals surface area contributed by atoms with Gasteiger partial charge in [0, 0.05) is 30.0 Å². The second-order valence-electron chi connectivity index (χ2n) is 6.23. The van der Waals surface area contributed by atoms with Crippen molar-refractivity contribution < 1.29 is 4.52 Å². The second-order valence-corrected chi connectivity index (χ2v) is 7.01. The van der Waals surface area contributed by atoms with Crippen molar-refractivity contribution >= 4 is 11.3 Å². The van der Waals surface area contributed by atoms with Crippen molar-refractivity contribution in [2.24, 2.45) is 11.7 Å². The lowest BCUT2D eigenvalue weighted by Gasteiger charge is -2.16. The molecule has 1 aliphatic rings. The molecule has 2 aromatic heterocycles. The summed E-state index contributed by atoms with van der Waals surface area (Å²) >= 11 is 1.63. The molecular weight excluding hydrogens is 320 g/mol. The first-order valence-corrected chi connectivity index (χ1v) is 9.10. The van der Waals surface area contributed by atoms with E-state index in [-0.39, 0.29) is 0 Å². The van der Waals surface area contributed by atoms with E-state index in [0.717, 1.165) is 18.7 Å². The van der Waals surface area contributed by atoms with Crippen LogP contribution in [-0.4, -0.2) is 34.7 Å². The number of hydrogen-bond donors (Lipinski definition) is 1. The van der Waals surface area contributed by atoms with Gasteiger partial charge < -0.3 is 10.3 Å². The summed E-state index contributed by atoms with van der Waals surface area (Å²) in [5.74, 6) is 2.27. The van der Waals surface area contributed by atoms with Gasteiger partial charge in [0.2, 0.25) is 11.7 Å². The van der Waals surface area contributed by atoms with Crippen LogP contribution in [0.25, 0.3) is 11.4 Å². The highest BCUT2D eigenvalue weighted by Crippen LogP contribution is 2.32. The number of aromatic nitrogens is 2. The number of hydrogen-bond acceptors (Lipinski definition) is 6. The Balaban J connectivity index is 1.46.